The highest BCUT2D eigenvalue weighted by molar-refractivity contribution is 7.82. The number of nitrogens with one attached hydrogen (secondary N) is 1. The number of carbonyl (C=O) groups is 2. The Kier molecular flexibility index (Phi) is 7.87. The van der Waals surface area contributed by atoms with Gasteiger partial charge in [0.15, 0.2) is 0 Å². The first-order valence-electron chi connectivity index (χ1n) is 10.00. The zero-order valence-corrected chi connectivity index (χ0v) is 19.3. The number of piperidine rings is 1. The average Bonchev–Trinajstić information content (AvgIpc) is 2.58. The van der Waals surface area contributed by atoms with Crippen LogP contribution in [0.25, 0.3) is 0 Å². The molecule has 2 rings (SSSR count). The highest BCUT2D eigenvalue weighted by Crippen LogP contribution is 2.22. The van der Waals surface area contributed by atoms with Crippen LogP contribution in [0.2, 0.25) is 0 Å². The number of benzene rings is 1. The van der Waals surface area contributed by atoms with Crippen molar-refractivity contribution >= 4 is 23.2 Å². The van der Waals surface area contributed by atoms with Crippen LogP contribution in [0.5, 0.6) is 5.75 Å². The molecule has 1 aliphatic heterocycles. The van der Waals surface area contributed by atoms with Gasteiger partial charge in [-0.15, -0.1) is 0 Å². The standard InChI is InChI=1S/C21H32N2O6S/c1-20(2,3)28-18(24)22-15-10-12-23(13-11-15)30(26)17-9-7-8-16(14-17)27-19(25)29-21(4,5)6/h7-9,14-15H,10-13H2,1-6H3,(H,22,24). The highest BCUT2D eigenvalue weighted by Gasteiger charge is 2.27. The molecular weight excluding hydrogens is 408 g/mol. The smallest absolute Gasteiger partial charge is 0.444 e. The van der Waals surface area contributed by atoms with Crippen molar-refractivity contribution < 1.29 is 28.0 Å². The quantitative estimate of drug-likeness (QED) is 0.562. The second-order valence-electron chi connectivity index (χ2n) is 9.14. The van der Waals surface area contributed by atoms with Gasteiger partial charge in [0, 0.05) is 19.1 Å². The van der Waals surface area contributed by atoms with Crippen LogP contribution in [0.1, 0.15) is 54.4 Å². The van der Waals surface area contributed by atoms with Crippen LogP contribution in [-0.2, 0) is 20.5 Å². The third-order valence-corrected chi connectivity index (χ3v) is 5.50. The van der Waals surface area contributed by atoms with E-state index in [1.54, 1.807) is 45.0 Å². The number of nitrogens with zero attached hydrogens (tertiary/aromatic N) is 1. The Hall–Kier alpha value is -2.13. The molecule has 0 radical (unpaired) electrons. The van der Waals surface area contributed by atoms with Crippen molar-refractivity contribution in [1.82, 2.24) is 9.62 Å². The van der Waals surface area contributed by atoms with Crippen molar-refractivity contribution in [3.8, 4) is 5.75 Å². The topological polar surface area (TPSA) is 94.2 Å². The van der Waals surface area contributed by atoms with E-state index in [2.05, 4.69) is 5.32 Å². The Morgan fingerprint density at radius 3 is 2.20 bits per heavy atom. The normalized spacial score (nSPS) is 17.1. The third kappa shape index (κ3) is 8.31. The largest absolute Gasteiger partial charge is 0.514 e. The summed E-state index contributed by atoms with van der Waals surface area (Å²) in [6, 6.07) is 6.58. The molecule has 30 heavy (non-hydrogen) atoms. The fourth-order valence-electron chi connectivity index (χ4n) is 2.80. The van der Waals surface area contributed by atoms with Gasteiger partial charge in [0.05, 0.1) is 4.90 Å². The first-order valence-corrected chi connectivity index (χ1v) is 11.1. The summed E-state index contributed by atoms with van der Waals surface area (Å²) < 4.78 is 30.4. The summed E-state index contributed by atoms with van der Waals surface area (Å²) in [5.74, 6) is 0.275. The minimum absolute atomic E-state index is 0.0186. The van der Waals surface area contributed by atoms with E-state index < -0.39 is 34.4 Å². The lowest BCUT2D eigenvalue weighted by molar-refractivity contribution is 0.0205. The maximum Gasteiger partial charge on any atom is 0.514 e. The number of rotatable bonds is 4. The second-order valence-corrected chi connectivity index (χ2v) is 10.6. The van der Waals surface area contributed by atoms with E-state index in [1.807, 2.05) is 25.1 Å². The lowest BCUT2D eigenvalue weighted by atomic mass is 10.1. The monoisotopic (exact) mass is 440 g/mol. The number of hydrogen-bond acceptors (Lipinski definition) is 6. The molecule has 0 bridgehead atoms. The van der Waals surface area contributed by atoms with Gasteiger partial charge in [0.1, 0.15) is 27.9 Å². The molecule has 0 aliphatic carbocycles. The van der Waals surface area contributed by atoms with Crippen molar-refractivity contribution in [3.05, 3.63) is 24.3 Å². The van der Waals surface area contributed by atoms with Crippen molar-refractivity contribution in [3.63, 3.8) is 0 Å². The van der Waals surface area contributed by atoms with Gasteiger partial charge in [-0.3, -0.25) is 0 Å². The first-order chi connectivity index (χ1) is 13.8. The lowest BCUT2D eigenvalue weighted by Gasteiger charge is -2.31. The van der Waals surface area contributed by atoms with Gasteiger partial charge in [-0.05, 0) is 72.6 Å². The summed E-state index contributed by atoms with van der Waals surface area (Å²) in [7, 11) is -1.40. The van der Waals surface area contributed by atoms with Crippen LogP contribution in [-0.4, -0.2) is 51.1 Å². The van der Waals surface area contributed by atoms with Crippen LogP contribution < -0.4 is 10.1 Å². The molecule has 1 amide bonds. The van der Waals surface area contributed by atoms with Crippen LogP contribution in [0, 0.1) is 0 Å². The van der Waals surface area contributed by atoms with Crippen LogP contribution >= 0.6 is 0 Å². The first kappa shape index (κ1) is 24.1. The van der Waals surface area contributed by atoms with Crippen molar-refractivity contribution in [2.45, 2.75) is 76.5 Å². The minimum Gasteiger partial charge on any atom is -0.444 e. The minimum atomic E-state index is -1.40. The molecule has 1 atom stereocenters. The van der Waals surface area contributed by atoms with Gasteiger partial charge in [0.25, 0.3) is 0 Å². The molecule has 0 saturated carbocycles. The SMILES string of the molecule is CC(C)(C)OC(=O)NC1CCN(S(=O)c2cccc(OC(=O)OC(C)(C)C)c2)CC1. The Morgan fingerprint density at radius 2 is 1.63 bits per heavy atom. The molecule has 1 unspecified atom stereocenters. The zero-order chi connectivity index (χ0) is 22.5. The van der Waals surface area contributed by atoms with E-state index in [0.717, 1.165) is 0 Å². The molecule has 0 aromatic heterocycles. The highest BCUT2D eigenvalue weighted by atomic mass is 32.2. The van der Waals surface area contributed by atoms with Crippen LogP contribution in [0.3, 0.4) is 0 Å². The molecular formula is C21H32N2O6S. The van der Waals surface area contributed by atoms with Crippen molar-refractivity contribution in [2.75, 3.05) is 13.1 Å². The van der Waals surface area contributed by atoms with Gasteiger partial charge in [-0.2, -0.15) is 0 Å². The van der Waals surface area contributed by atoms with Gasteiger partial charge in [-0.1, -0.05) is 6.07 Å². The van der Waals surface area contributed by atoms with Crippen LogP contribution in [0.15, 0.2) is 29.2 Å². The van der Waals surface area contributed by atoms with E-state index in [1.165, 1.54) is 0 Å². The van der Waals surface area contributed by atoms with Crippen molar-refractivity contribution in [2.24, 2.45) is 0 Å². The molecule has 1 saturated heterocycles. The Balaban J connectivity index is 1.89. The number of carbonyl (C=O) groups excluding carboxylic acids is 2. The number of alkyl carbamates (subject to hydrolysis) is 1. The number of ether oxygens (including phenoxy) is 3. The maximum absolute atomic E-state index is 12.9. The van der Waals surface area contributed by atoms with Gasteiger partial charge < -0.3 is 19.5 Å². The second kappa shape index (κ2) is 9.78. The molecule has 0 spiro atoms. The van der Waals surface area contributed by atoms with Crippen molar-refractivity contribution in [1.29, 1.82) is 0 Å². The van der Waals surface area contributed by atoms with E-state index in [9.17, 15) is 13.8 Å². The Labute approximate surface area is 180 Å². The van der Waals surface area contributed by atoms with Gasteiger partial charge in [-0.25, -0.2) is 18.1 Å². The molecule has 1 aromatic carbocycles. The zero-order valence-electron chi connectivity index (χ0n) is 18.5. The van der Waals surface area contributed by atoms with E-state index >= 15 is 0 Å². The molecule has 1 heterocycles. The van der Waals surface area contributed by atoms with E-state index in [0.29, 0.717) is 30.8 Å². The summed E-state index contributed by atoms with van der Waals surface area (Å²) in [6.45, 7) is 11.8. The maximum atomic E-state index is 12.9. The summed E-state index contributed by atoms with van der Waals surface area (Å²) in [5.41, 5.74) is -1.20. The summed E-state index contributed by atoms with van der Waals surface area (Å²) in [5, 5.41) is 2.87. The number of hydrogen-bond donors (Lipinski definition) is 1. The summed E-state index contributed by atoms with van der Waals surface area (Å²) >= 11 is 0. The molecule has 9 heteroatoms. The van der Waals surface area contributed by atoms with Gasteiger partial charge in [0.2, 0.25) is 0 Å². The Morgan fingerprint density at radius 1 is 1.03 bits per heavy atom. The summed E-state index contributed by atoms with van der Waals surface area (Å²) in [6.07, 6.45) is 0.0894. The van der Waals surface area contributed by atoms with E-state index in [4.69, 9.17) is 14.2 Å². The molecule has 1 N–H and O–H groups in total. The third-order valence-electron chi connectivity index (χ3n) is 4.01. The predicted molar refractivity (Wildman–Crippen MR) is 114 cm³/mol. The fourth-order valence-corrected chi connectivity index (χ4v) is 4.06. The molecule has 1 fully saturated rings. The molecule has 8 nitrogen and oxygen atoms in total. The predicted octanol–water partition coefficient (Wildman–Crippen LogP) is 4.01. The Bertz CT molecular complexity index is 776. The van der Waals surface area contributed by atoms with E-state index in [-0.39, 0.29) is 11.8 Å². The number of amides is 1. The van der Waals surface area contributed by atoms with Gasteiger partial charge >= 0.3 is 12.2 Å². The average molecular weight is 441 g/mol. The molecule has 1 aliphatic rings. The molecule has 1 aromatic rings. The molecule has 168 valence electrons. The summed E-state index contributed by atoms with van der Waals surface area (Å²) in [4.78, 5) is 24.3. The lowest BCUT2D eigenvalue weighted by Crippen LogP contribution is -2.46. The fraction of sp³-hybridized carbons (Fsp3) is 0.619. The van der Waals surface area contributed by atoms with Crippen LogP contribution in [0.4, 0.5) is 9.59 Å².